The van der Waals surface area contributed by atoms with Crippen molar-refractivity contribution in [2.24, 2.45) is 0 Å². The summed E-state index contributed by atoms with van der Waals surface area (Å²) in [7, 11) is 0. The van der Waals surface area contributed by atoms with Crippen LogP contribution in [0.4, 0.5) is 0 Å². The number of hydrogen-bond acceptors (Lipinski definition) is 3. The Hall–Kier alpha value is -1.74. The number of aliphatic hydroxyl groups is 1. The fourth-order valence-electron chi connectivity index (χ4n) is 1.15. The van der Waals surface area contributed by atoms with Crippen LogP contribution in [0.15, 0.2) is 36.9 Å². The van der Waals surface area contributed by atoms with E-state index in [4.69, 9.17) is 5.11 Å². The van der Waals surface area contributed by atoms with Gasteiger partial charge in [0.25, 0.3) is 0 Å². The Labute approximate surface area is 82.3 Å². The highest BCUT2D eigenvalue weighted by atomic mass is 16.3. The zero-order valence-electron chi connectivity index (χ0n) is 7.64. The van der Waals surface area contributed by atoms with Crippen LogP contribution in [0, 0.1) is 0 Å². The third-order valence-corrected chi connectivity index (χ3v) is 1.82. The first-order valence-electron chi connectivity index (χ1n) is 4.14. The predicted octanol–water partition coefficient (Wildman–Crippen LogP) is 1.66. The Bertz CT molecular complexity index is 367. The Morgan fingerprint density at radius 3 is 2.64 bits per heavy atom. The molecule has 0 bridgehead atoms. The molecule has 0 aliphatic rings. The van der Waals surface area contributed by atoms with Gasteiger partial charge in [0.15, 0.2) is 0 Å². The minimum atomic E-state index is -0.219. The molecule has 0 heterocycles. The van der Waals surface area contributed by atoms with Crippen molar-refractivity contribution in [2.75, 3.05) is 6.61 Å². The summed E-state index contributed by atoms with van der Waals surface area (Å²) >= 11 is 0. The highest BCUT2D eigenvalue weighted by Gasteiger charge is 2.06. The molecule has 0 radical (unpaired) electrons. The van der Waals surface area contributed by atoms with Crippen molar-refractivity contribution in [1.29, 1.82) is 0 Å². The lowest BCUT2D eigenvalue weighted by molar-refractivity contribution is 0.349. The van der Waals surface area contributed by atoms with E-state index < -0.39 is 0 Å². The smallest absolute Gasteiger partial charge is 0.123 e. The standard InChI is InChI=1S/C11H12O3/c1-2-3-8(7-12)10-6-9(13)4-5-11(10)14/h2-6,12-14H,1,7H2/b8-3+. The van der Waals surface area contributed by atoms with Gasteiger partial charge in [-0.1, -0.05) is 18.7 Å². The lowest BCUT2D eigenvalue weighted by Gasteiger charge is -2.06. The number of aliphatic hydroxyl groups excluding tert-OH is 1. The number of phenolic OH excluding ortho intramolecular Hbond substituents is 2. The van der Waals surface area contributed by atoms with Gasteiger partial charge in [0, 0.05) is 5.56 Å². The van der Waals surface area contributed by atoms with Gasteiger partial charge >= 0.3 is 0 Å². The fourth-order valence-corrected chi connectivity index (χ4v) is 1.15. The molecule has 14 heavy (non-hydrogen) atoms. The van der Waals surface area contributed by atoms with E-state index in [1.807, 2.05) is 0 Å². The van der Waals surface area contributed by atoms with Crippen molar-refractivity contribution in [3.8, 4) is 11.5 Å². The molecule has 0 aliphatic carbocycles. The summed E-state index contributed by atoms with van der Waals surface area (Å²) in [6.07, 6.45) is 3.09. The molecule has 0 atom stereocenters. The highest BCUT2D eigenvalue weighted by Crippen LogP contribution is 2.28. The summed E-state index contributed by atoms with van der Waals surface area (Å²) in [6.45, 7) is 3.28. The van der Waals surface area contributed by atoms with E-state index in [2.05, 4.69) is 6.58 Å². The van der Waals surface area contributed by atoms with Gasteiger partial charge in [0.1, 0.15) is 11.5 Å². The first kappa shape index (κ1) is 10.3. The maximum Gasteiger partial charge on any atom is 0.123 e. The van der Waals surface area contributed by atoms with Crippen LogP contribution in [0.25, 0.3) is 5.57 Å². The first-order chi connectivity index (χ1) is 6.69. The molecule has 0 unspecified atom stereocenters. The summed E-state index contributed by atoms with van der Waals surface area (Å²) in [4.78, 5) is 0. The van der Waals surface area contributed by atoms with Crippen LogP contribution in [-0.2, 0) is 0 Å². The van der Waals surface area contributed by atoms with Gasteiger partial charge in [0.2, 0.25) is 0 Å². The van der Waals surface area contributed by atoms with E-state index in [1.54, 1.807) is 6.08 Å². The van der Waals surface area contributed by atoms with Crippen LogP contribution in [-0.4, -0.2) is 21.9 Å². The summed E-state index contributed by atoms with van der Waals surface area (Å²) in [6, 6.07) is 4.14. The summed E-state index contributed by atoms with van der Waals surface area (Å²) < 4.78 is 0. The molecule has 74 valence electrons. The number of allylic oxidation sites excluding steroid dienone is 2. The summed E-state index contributed by atoms with van der Waals surface area (Å²) in [5, 5.41) is 27.7. The highest BCUT2D eigenvalue weighted by molar-refractivity contribution is 5.72. The second-order valence-electron chi connectivity index (χ2n) is 2.79. The number of phenols is 2. The maximum atomic E-state index is 9.47. The minimum Gasteiger partial charge on any atom is -0.508 e. The number of aromatic hydroxyl groups is 2. The third kappa shape index (κ3) is 2.14. The Morgan fingerprint density at radius 1 is 1.36 bits per heavy atom. The maximum absolute atomic E-state index is 9.47. The van der Waals surface area contributed by atoms with Crippen LogP contribution in [0.3, 0.4) is 0 Å². The SMILES string of the molecule is C=C/C=C(\CO)c1cc(O)ccc1O. The summed E-state index contributed by atoms with van der Waals surface area (Å²) in [5.74, 6) is 0.0613. The topological polar surface area (TPSA) is 60.7 Å². The van der Waals surface area contributed by atoms with Crippen LogP contribution in [0.2, 0.25) is 0 Å². The summed E-state index contributed by atoms with van der Waals surface area (Å²) in [5.41, 5.74) is 0.917. The number of hydrogen-bond donors (Lipinski definition) is 3. The predicted molar refractivity (Wildman–Crippen MR) is 55.0 cm³/mol. The van der Waals surface area contributed by atoms with E-state index in [9.17, 15) is 10.2 Å². The zero-order valence-corrected chi connectivity index (χ0v) is 7.64. The Balaban J connectivity index is 3.21. The Kier molecular flexibility index (Phi) is 3.31. The molecule has 3 N–H and O–H groups in total. The molecular weight excluding hydrogens is 180 g/mol. The van der Waals surface area contributed by atoms with Gasteiger partial charge in [-0.05, 0) is 23.8 Å². The molecule has 0 aromatic heterocycles. The van der Waals surface area contributed by atoms with Crippen LogP contribution < -0.4 is 0 Å². The molecule has 3 heteroatoms. The molecule has 1 aromatic rings. The average molecular weight is 192 g/mol. The first-order valence-corrected chi connectivity index (χ1v) is 4.14. The van der Waals surface area contributed by atoms with E-state index in [-0.39, 0.29) is 18.1 Å². The second kappa shape index (κ2) is 4.48. The normalized spacial score (nSPS) is 11.4. The molecule has 3 nitrogen and oxygen atoms in total. The monoisotopic (exact) mass is 192 g/mol. The van der Waals surface area contributed by atoms with Crippen molar-refractivity contribution in [2.45, 2.75) is 0 Å². The quantitative estimate of drug-likeness (QED) is 0.504. The largest absolute Gasteiger partial charge is 0.508 e. The number of benzene rings is 1. The van der Waals surface area contributed by atoms with Crippen LogP contribution in [0.1, 0.15) is 5.56 Å². The fraction of sp³-hybridized carbons (Fsp3) is 0.0909. The van der Waals surface area contributed by atoms with Gasteiger partial charge in [-0.25, -0.2) is 0 Å². The molecule has 0 saturated heterocycles. The van der Waals surface area contributed by atoms with E-state index in [1.165, 1.54) is 24.3 Å². The van der Waals surface area contributed by atoms with E-state index >= 15 is 0 Å². The van der Waals surface area contributed by atoms with Gasteiger partial charge in [-0.3, -0.25) is 0 Å². The van der Waals surface area contributed by atoms with E-state index in [0.717, 1.165) is 0 Å². The Morgan fingerprint density at radius 2 is 2.07 bits per heavy atom. The zero-order chi connectivity index (χ0) is 10.6. The van der Waals surface area contributed by atoms with Crippen molar-refractivity contribution in [3.05, 3.63) is 42.5 Å². The molecule has 0 aliphatic heterocycles. The lowest BCUT2D eigenvalue weighted by atomic mass is 10.0. The van der Waals surface area contributed by atoms with Gasteiger partial charge in [0.05, 0.1) is 6.61 Å². The molecule has 0 amide bonds. The van der Waals surface area contributed by atoms with Gasteiger partial charge < -0.3 is 15.3 Å². The van der Waals surface area contributed by atoms with Crippen molar-refractivity contribution < 1.29 is 15.3 Å². The third-order valence-electron chi connectivity index (χ3n) is 1.82. The average Bonchev–Trinajstić information content (AvgIpc) is 2.18. The second-order valence-corrected chi connectivity index (χ2v) is 2.79. The molecule has 0 saturated carbocycles. The minimum absolute atomic E-state index is 0.0185. The van der Waals surface area contributed by atoms with Gasteiger partial charge in [-0.15, -0.1) is 0 Å². The van der Waals surface area contributed by atoms with Gasteiger partial charge in [-0.2, -0.15) is 0 Å². The molecular formula is C11H12O3. The molecule has 1 aromatic carbocycles. The molecule has 0 spiro atoms. The van der Waals surface area contributed by atoms with Crippen LogP contribution >= 0.6 is 0 Å². The lowest BCUT2D eigenvalue weighted by Crippen LogP contribution is -1.90. The van der Waals surface area contributed by atoms with Crippen LogP contribution in [0.5, 0.6) is 11.5 Å². The van der Waals surface area contributed by atoms with E-state index in [0.29, 0.717) is 11.1 Å². The number of rotatable bonds is 3. The van der Waals surface area contributed by atoms with Crippen molar-refractivity contribution in [1.82, 2.24) is 0 Å². The van der Waals surface area contributed by atoms with Crippen molar-refractivity contribution in [3.63, 3.8) is 0 Å². The van der Waals surface area contributed by atoms with Crippen molar-refractivity contribution >= 4 is 5.57 Å². The molecule has 1 rings (SSSR count). The molecule has 0 fully saturated rings.